The molecule has 24 heavy (non-hydrogen) atoms. The number of rotatable bonds is 6. The summed E-state index contributed by atoms with van der Waals surface area (Å²) in [6, 6.07) is 7.00. The molecule has 1 aliphatic carbocycles. The lowest BCUT2D eigenvalue weighted by Gasteiger charge is -2.28. The number of nitrogens with one attached hydrogen (secondary N) is 2. The Morgan fingerprint density at radius 1 is 1.29 bits per heavy atom. The number of Topliss-reactive ketones (excluding diaryl/α,β-unsaturated/α-hetero) is 1. The number of benzene rings is 1. The highest BCUT2D eigenvalue weighted by Gasteiger charge is 2.37. The molecule has 0 radical (unpaired) electrons. The fraction of sp³-hybridized carbons (Fsp3) is 0.389. The van der Waals surface area contributed by atoms with Crippen LogP contribution in [0.4, 0.5) is 5.69 Å². The highest BCUT2D eigenvalue weighted by Crippen LogP contribution is 2.39. The molecule has 0 atom stereocenters. The molecule has 126 valence electrons. The van der Waals surface area contributed by atoms with Crippen molar-refractivity contribution in [3.63, 3.8) is 0 Å². The third kappa shape index (κ3) is 3.71. The number of ketones is 1. The molecule has 1 aromatic heterocycles. The van der Waals surface area contributed by atoms with Gasteiger partial charge in [-0.05, 0) is 31.9 Å². The minimum atomic E-state index is -0.174. The molecule has 0 aliphatic heterocycles. The largest absolute Gasteiger partial charge is 0.325 e. The summed E-state index contributed by atoms with van der Waals surface area (Å²) in [6.45, 7) is 1.74. The topological polar surface area (TPSA) is 71.1 Å². The maximum atomic E-state index is 12.3. The van der Waals surface area contributed by atoms with Crippen molar-refractivity contribution in [2.75, 3.05) is 11.9 Å². The van der Waals surface area contributed by atoms with Gasteiger partial charge in [-0.2, -0.15) is 0 Å². The molecule has 0 saturated heterocycles. The summed E-state index contributed by atoms with van der Waals surface area (Å²) in [5, 5.41) is 9.31. The van der Waals surface area contributed by atoms with Crippen molar-refractivity contribution in [3.8, 4) is 0 Å². The van der Waals surface area contributed by atoms with Crippen LogP contribution in [0, 0.1) is 0 Å². The van der Waals surface area contributed by atoms with Gasteiger partial charge in [-0.1, -0.05) is 25.0 Å². The Bertz CT molecular complexity index is 722. The van der Waals surface area contributed by atoms with Gasteiger partial charge < -0.3 is 5.32 Å². The second-order valence-corrected chi connectivity index (χ2v) is 7.06. The average molecular weight is 343 g/mol. The Labute approximate surface area is 145 Å². The molecule has 0 bridgehead atoms. The van der Waals surface area contributed by atoms with Gasteiger partial charge in [0.05, 0.1) is 12.1 Å². The summed E-state index contributed by atoms with van der Waals surface area (Å²) < 4.78 is 0. The zero-order valence-corrected chi connectivity index (χ0v) is 14.5. The van der Waals surface area contributed by atoms with E-state index in [4.69, 9.17) is 0 Å². The van der Waals surface area contributed by atoms with Crippen LogP contribution in [0.2, 0.25) is 0 Å². The maximum Gasteiger partial charge on any atom is 0.238 e. The van der Waals surface area contributed by atoms with Crippen molar-refractivity contribution < 1.29 is 9.59 Å². The van der Waals surface area contributed by atoms with Gasteiger partial charge in [-0.15, -0.1) is 11.3 Å². The highest BCUT2D eigenvalue weighted by molar-refractivity contribution is 7.09. The van der Waals surface area contributed by atoms with Crippen LogP contribution in [-0.4, -0.2) is 23.2 Å². The van der Waals surface area contributed by atoms with Gasteiger partial charge in [0.2, 0.25) is 5.91 Å². The van der Waals surface area contributed by atoms with Crippen LogP contribution in [0.5, 0.6) is 0 Å². The van der Waals surface area contributed by atoms with E-state index in [9.17, 15) is 9.59 Å². The van der Waals surface area contributed by atoms with Gasteiger partial charge in [0.25, 0.3) is 0 Å². The molecule has 5 nitrogen and oxygen atoms in total. The predicted octanol–water partition coefficient (Wildman–Crippen LogP) is 3.34. The van der Waals surface area contributed by atoms with Crippen molar-refractivity contribution in [2.45, 2.75) is 38.1 Å². The van der Waals surface area contributed by atoms with Crippen LogP contribution >= 0.6 is 11.3 Å². The third-order valence-electron chi connectivity index (χ3n) is 4.44. The molecule has 1 aliphatic rings. The van der Waals surface area contributed by atoms with Crippen LogP contribution in [0.3, 0.4) is 0 Å². The molecule has 1 amide bonds. The third-order valence-corrected chi connectivity index (χ3v) is 5.42. The molecule has 0 spiro atoms. The van der Waals surface area contributed by atoms with E-state index in [2.05, 4.69) is 15.6 Å². The van der Waals surface area contributed by atoms with E-state index in [0.29, 0.717) is 11.3 Å². The van der Waals surface area contributed by atoms with E-state index in [1.54, 1.807) is 35.6 Å². The second-order valence-electron chi connectivity index (χ2n) is 6.17. The lowest BCUT2D eigenvalue weighted by Crippen LogP contribution is -2.44. The van der Waals surface area contributed by atoms with Gasteiger partial charge in [0.15, 0.2) is 5.78 Å². The number of thiazole rings is 1. The Morgan fingerprint density at radius 3 is 2.75 bits per heavy atom. The number of hydrogen-bond donors (Lipinski definition) is 2. The smallest absolute Gasteiger partial charge is 0.238 e. The average Bonchev–Trinajstić information content (AvgIpc) is 3.25. The number of anilines is 1. The summed E-state index contributed by atoms with van der Waals surface area (Å²) in [5.74, 6) is -0.128. The number of amides is 1. The molecule has 1 fully saturated rings. The molecular formula is C18H21N3O2S. The minimum Gasteiger partial charge on any atom is -0.325 e. The molecule has 2 N–H and O–H groups in total. The molecule has 1 saturated carbocycles. The Kier molecular flexibility index (Phi) is 5.06. The first kappa shape index (κ1) is 16.8. The number of carbonyl (C=O) groups excluding carboxylic acids is 2. The van der Waals surface area contributed by atoms with Crippen molar-refractivity contribution in [1.82, 2.24) is 10.3 Å². The van der Waals surface area contributed by atoms with E-state index in [-0.39, 0.29) is 23.8 Å². The van der Waals surface area contributed by atoms with E-state index in [1.165, 1.54) is 6.92 Å². The van der Waals surface area contributed by atoms with Crippen LogP contribution in [0.1, 0.15) is 48.0 Å². The van der Waals surface area contributed by atoms with Crippen LogP contribution in [0.25, 0.3) is 0 Å². The van der Waals surface area contributed by atoms with E-state index in [1.807, 2.05) is 11.6 Å². The normalized spacial score (nSPS) is 16.0. The predicted molar refractivity (Wildman–Crippen MR) is 95.3 cm³/mol. The Hall–Kier alpha value is -2.05. The zero-order valence-electron chi connectivity index (χ0n) is 13.7. The number of aromatic nitrogens is 1. The summed E-state index contributed by atoms with van der Waals surface area (Å²) in [4.78, 5) is 28.2. The highest BCUT2D eigenvalue weighted by atomic mass is 32.1. The van der Waals surface area contributed by atoms with Crippen molar-refractivity contribution in [3.05, 3.63) is 46.4 Å². The first-order valence-electron chi connectivity index (χ1n) is 8.15. The molecule has 3 rings (SSSR count). The van der Waals surface area contributed by atoms with Gasteiger partial charge in [0.1, 0.15) is 5.01 Å². The van der Waals surface area contributed by atoms with Crippen LogP contribution in [-0.2, 0) is 10.3 Å². The minimum absolute atomic E-state index is 0.0158. The molecule has 2 aromatic rings. The summed E-state index contributed by atoms with van der Waals surface area (Å²) >= 11 is 1.64. The number of hydrogen-bond acceptors (Lipinski definition) is 5. The molecule has 1 aromatic carbocycles. The lowest BCUT2D eigenvalue weighted by atomic mass is 9.98. The first-order valence-corrected chi connectivity index (χ1v) is 9.03. The molecule has 0 unspecified atom stereocenters. The monoisotopic (exact) mass is 343 g/mol. The van der Waals surface area contributed by atoms with Gasteiger partial charge >= 0.3 is 0 Å². The van der Waals surface area contributed by atoms with E-state index < -0.39 is 0 Å². The fourth-order valence-corrected chi connectivity index (χ4v) is 4.05. The SMILES string of the molecule is CC(=O)c1cccc(NC(=O)CNC2(c3nccs3)CCCC2)c1. The molecular weight excluding hydrogens is 322 g/mol. The van der Waals surface area contributed by atoms with Gasteiger partial charge in [0, 0.05) is 22.8 Å². The van der Waals surface area contributed by atoms with E-state index in [0.717, 1.165) is 30.7 Å². The standard InChI is InChI=1S/C18H21N3O2S/c1-13(22)14-5-4-6-15(11-14)21-16(23)12-20-18(7-2-3-8-18)17-19-9-10-24-17/h4-6,9-11,20H,2-3,7-8,12H2,1H3,(H,21,23). The maximum absolute atomic E-state index is 12.3. The van der Waals surface area contributed by atoms with Gasteiger partial charge in [-0.3, -0.25) is 14.9 Å². The van der Waals surface area contributed by atoms with Crippen molar-refractivity contribution >= 4 is 28.7 Å². The number of carbonyl (C=O) groups is 2. The quantitative estimate of drug-likeness (QED) is 0.789. The Morgan fingerprint density at radius 2 is 2.08 bits per heavy atom. The summed E-state index contributed by atoms with van der Waals surface area (Å²) in [5.41, 5.74) is 1.06. The molecule has 1 heterocycles. The van der Waals surface area contributed by atoms with Crippen molar-refractivity contribution in [2.24, 2.45) is 0 Å². The lowest BCUT2D eigenvalue weighted by molar-refractivity contribution is -0.115. The van der Waals surface area contributed by atoms with Crippen LogP contribution < -0.4 is 10.6 Å². The van der Waals surface area contributed by atoms with Gasteiger partial charge in [-0.25, -0.2) is 4.98 Å². The van der Waals surface area contributed by atoms with E-state index >= 15 is 0 Å². The summed E-state index contributed by atoms with van der Waals surface area (Å²) in [6.07, 6.45) is 6.13. The summed E-state index contributed by atoms with van der Waals surface area (Å²) in [7, 11) is 0. The number of nitrogens with zero attached hydrogens (tertiary/aromatic N) is 1. The van der Waals surface area contributed by atoms with Crippen LogP contribution in [0.15, 0.2) is 35.8 Å². The molecule has 6 heteroatoms. The fourth-order valence-electron chi connectivity index (χ4n) is 3.18. The Balaban J connectivity index is 1.63. The second kappa shape index (κ2) is 7.23. The zero-order chi connectivity index (χ0) is 17.0. The first-order chi connectivity index (χ1) is 11.6. The van der Waals surface area contributed by atoms with Crippen molar-refractivity contribution in [1.29, 1.82) is 0 Å².